The summed E-state index contributed by atoms with van der Waals surface area (Å²) in [5.41, 5.74) is 1.92. The number of nitrogens with zero attached hydrogens (tertiary/aromatic N) is 1. The molecule has 0 aliphatic rings. The molecule has 0 atom stereocenters. The van der Waals surface area contributed by atoms with Gasteiger partial charge in [-0.05, 0) is 25.3 Å². The number of aryl methyl sites for hydroxylation is 3. The van der Waals surface area contributed by atoms with E-state index in [0.29, 0.717) is 23.9 Å². The third-order valence-electron chi connectivity index (χ3n) is 2.88. The molecule has 0 bridgehead atoms. The van der Waals surface area contributed by atoms with Crippen molar-refractivity contribution in [3.8, 4) is 0 Å². The fourth-order valence-corrected chi connectivity index (χ4v) is 1.96. The van der Waals surface area contributed by atoms with Crippen LogP contribution in [0.3, 0.4) is 0 Å². The molecule has 4 nitrogen and oxygen atoms in total. The number of hydrogen-bond acceptors (Lipinski definition) is 3. The Balaban J connectivity index is 1.77. The number of oxazole rings is 1. The average Bonchev–Trinajstić information content (AvgIpc) is 2.75. The van der Waals surface area contributed by atoms with Gasteiger partial charge in [-0.3, -0.25) is 4.79 Å². The molecule has 2 aromatic rings. The minimum Gasteiger partial charge on any atom is -0.436 e. The van der Waals surface area contributed by atoms with E-state index in [-0.39, 0.29) is 5.91 Å². The molecule has 1 heterocycles. The predicted octanol–water partition coefficient (Wildman–Crippen LogP) is 2.65. The van der Waals surface area contributed by atoms with Crippen LogP contribution in [0, 0.1) is 13.8 Å². The van der Waals surface area contributed by atoms with E-state index in [1.165, 1.54) is 5.56 Å². The molecule has 0 aliphatic heterocycles. The first-order valence-electron chi connectivity index (χ1n) is 6.43. The number of rotatable bonds is 5. The van der Waals surface area contributed by atoms with Crippen molar-refractivity contribution in [2.24, 2.45) is 0 Å². The van der Waals surface area contributed by atoms with Crippen LogP contribution in [-0.2, 0) is 6.42 Å². The highest BCUT2D eigenvalue weighted by Gasteiger charge is 2.14. The van der Waals surface area contributed by atoms with Crippen LogP contribution in [0.4, 0.5) is 0 Å². The Kier molecular flexibility index (Phi) is 4.34. The van der Waals surface area contributed by atoms with E-state index < -0.39 is 0 Å². The number of carbonyl (C=O) groups is 1. The SMILES string of the molecule is Cc1nc(C)c(C(=O)NCCCc2ccccc2)o1. The van der Waals surface area contributed by atoms with Crippen LogP contribution in [0.25, 0.3) is 0 Å². The van der Waals surface area contributed by atoms with Gasteiger partial charge in [0.1, 0.15) is 0 Å². The number of amides is 1. The first-order valence-corrected chi connectivity index (χ1v) is 6.43. The van der Waals surface area contributed by atoms with E-state index in [1.807, 2.05) is 18.2 Å². The molecule has 1 aromatic carbocycles. The molecule has 0 unspecified atom stereocenters. The van der Waals surface area contributed by atoms with Gasteiger partial charge in [-0.25, -0.2) is 4.98 Å². The second-order valence-corrected chi connectivity index (χ2v) is 4.49. The van der Waals surface area contributed by atoms with Gasteiger partial charge in [0, 0.05) is 13.5 Å². The summed E-state index contributed by atoms with van der Waals surface area (Å²) < 4.78 is 5.27. The minimum absolute atomic E-state index is 0.189. The van der Waals surface area contributed by atoms with E-state index in [2.05, 4.69) is 22.4 Å². The highest BCUT2D eigenvalue weighted by Crippen LogP contribution is 2.09. The summed E-state index contributed by atoms with van der Waals surface area (Å²) in [5.74, 6) is 0.648. The Labute approximate surface area is 112 Å². The molecule has 19 heavy (non-hydrogen) atoms. The van der Waals surface area contributed by atoms with Crippen LogP contribution in [0.15, 0.2) is 34.7 Å². The van der Waals surface area contributed by atoms with Crippen LogP contribution < -0.4 is 5.32 Å². The summed E-state index contributed by atoms with van der Waals surface area (Å²) in [5, 5.41) is 2.85. The van der Waals surface area contributed by atoms with Crippen molar-refractivity contribution in [1.82, 2.24) is 10.3 Å². The lowest BCUT2D eigenvalue weighted by Crippen LogP contribution is -2.25. The molecule has 0 fully saturated rings. The predicted molar refractivity (Wildman–Crippen MR) is 73.1 cm³/mol. The summed E-state index contributed by atoms with van der Waals surface area (Å²) in [6.45, 7) is 4.14. The van der Waals surface area contributed by atoms with Gasteiger partial charge in [0.05, 0.1) is 5.69 Å². The van der Waals surface area contributed by atoms with E-state index >= 15 is 0 Å². The Morgan fingerprint density at radius 3 is 2.63 bits per heavy atom. The first-order chi connectivity index (χ1) is 9.16. The molecular weight excluding hydrogens is 240 g/mol. The Morgan fingerprint density at radius 2 is 2.00 bits per heavy atom. The molecule has 1 aromatic heterocycles. The number of benzene rings is 1. The van der Waals surface area contributed by atoms with Crippen molar-refractivity contribution in [2.75, 3.05) is 6.54 Å². The second kappa shape index (κ2) is 6.18. The number of aromatic nitrogens is 1. The molecule has 1 amide bonds. The summed E-state index contributed by atoms with van der Waals surface area (Å²) in [7, 11) is 0. The molecule has 0 radical (unpaired) electrons. The Bertz CT molecular complexity index is 547. The average molecular weight is 258 g/mol. The molecule has 1 N–H and O–H groups in total. The number of nitrogens with one attached hydrogen (secondary N) is 1. The lowest BCUT2D eigenvalue weighted by Gasteiger charge is -2.03. The zero-order valence-corrected chi connectivity index (χ0v) is 11.3. The third kappa shape index (κ3) is 3.68. The molecular formula is C15H18N2O2. The van der Waals surface area contributed by atoms with Crippen molar-refractivity contribution in [3.63, 3.8) is 0 Å². The topological polar surface area (TPSA) is 55.1 Å². The lowest BCUT2D eigenvalue weighted by molar-refractivity contribution is 0.0923. The fraction of sp³-hybridized carbons (Fsp3) is 0.333. The van der Waals surface area contributed by atoms with Crippen molar-refractivity contribution in [1.29, 1.82) is 0 Å². The smallest absolute Gasteiger partial charge is 0.289 e. The Hall–Kier alpha value is -2.10. The van der Waals surface area contributed by atoms with E-state index in [1.54, 1.807) is 13.8 Å². The maximum Gasteiger partial charge on any atom is 0.289 e. The summed E-state index contributed by atoms with van der Waals surface area (Å²) in [4.78, 5) is 15.9. The molecule has 100 valence electrons. The van der Waals surface area contributed by atoms with Gasteiger partial charge in [-0.1, -0.05) is 30.3 Å². The van der Waals surface area contributed by atoms with Crippen molar-refractivity contribution >= 4 is 5.91 Å². The van der Waals surface area contributed by atoms with Crippen LogP contribution in [0.5, 0.6) is 0 Å². The van der Waals surface area contributed by atoms with Gasteiger partial charge in [0.15, 0.2) is 5.89 Å². The van der Waals surface area contributed by atoms with Gasteiger partial charge in [-0.2, -0.15) is 0 Å². The summed E-state index contributed by atoms with van der Waals surface area (Å²) >= 11 is 0. The minimum atomic E-state index is -0.189. The summed E-state index contributed by atoms with van der Waals surface area (Å²) in [6.07, 6.45) is 1.86. The molecule has 2 rings (SSSR count). The molecule has 0 aliphatic carbocycles. The first kappa shape index (κ1) is 13.3. The Morgan fingerprint density at radius 1 is 1.26 bits per heavy atom. The monoisotopic (exact) mass is 258 g/mol. The van der Waals surface area contributed by atoms with Gasteiger partial charge in [0.2, 0.25) is 5.76 Å². The van der Waals surface area contributed by atoms with E-state index in [9.17, 15) is 4.79 Å². The second-order valence-electron chi connectivity index (χ2n) is 4.49. The number of carbonyl (C=O) groups excluding carboxylic acids is 1. The van der Waals surface area contributed by atoms with Crippen LogP contribution in [-0.4, -0.2) is 17.4 Å². The maximum atomic E-state index is 11.8. The highest BCUT2D eigenvalue weighted by atomic mass is 16.4. The standard InChI is InChI=1S/C15H18N2O2/c1-11-14(19-12(2)17-11)15(18)16-10-6-9-13-7-4-3-5-8-13/h3-5,7-8H,6,9-10H2,1-2H3,(H,16,18). The van der Waals surface area contributed by atoms with E-state index in [0.717, 1.165) is 12.8 Å². The van der Waals surface area contributed by atoms with Crippen LogP contribution >= 0.6 is 0 Å². The molecule has 0 saturated carbocycles. The largest absolute Gasteiger partial charge is 0.436 e. The van der Waals surface area contributed by atoms with Crippen LogP contribution in [0.2, 0.25) is 0 Å². The summed E-state index contributed by atoms with van der Waals surface area (Å²) in [6, 6.07) is 10.2. The van der Waals surface area contributed by atoms with Gasteiger partial charge in [-0.15, -0.1) is 0 Å². The quantitative estimate of drug-likeness (QED) is 0.839. The maximum absolute atomic E-state index is 11.8. The van der Waals surface area contributed by atoms with Gasteiger partial charge < -0.3 is 9.73 Å². The number of hydrogen-bond donors (Lipinski definition) is 1. The molecule has 4 heteroatoms. The van der Waals surface area contributed by atoms with Gasteiger partial charge >= 0.3 is 0 Å². The lowest BCUT2D eigenvalue weighted by atomic mass is 10.1. The van der Waals surface area contributed by atoms with Gasteiger partial charge in [0.25, 0.3) is 5.91 Å². The van der Waals surface area contributed by atoms with Crippen molar-refractivity contribution in [3.05, 3.63) is 53.2 Å². The highest BCUT2D eigenvalue weighted by molar-refractivity contribution is 5.92. The van der Waals surface area contributed by atoms with Crippen LogP contribution in [0.1, 0.15) is 34.1 Å². The molecule has 0 saturated heterocycles. The molecule has 0 spiro atoms. The zero-order valence-electron chi connectivity index (χ0n) is 11.3. The fourth-order valence-electron chi connectivity index (χ4n) is 1.96. The van der Waals surface area contributed by atoms with Crippen molar-refractivity contribution < 1.29 is 9.21 Å². The third-order valence-corrected chi connectivity index (χ3v) is 2.88. The zero-order chi connectivity index (χ0) is 13.7. The van der Waals surface area contributed by atoms with E-state index in [4.69, 9.17) is 4.42 Å². The van der Waals surface area contributed by atoms with Crippen molar-refractivity contribution in [2.45, 2.75) is 26.7 Å². The normalized spacial score (nSPS) is 10.4.